The van der Waals surface area contributed by atoms with Crippen molar-refractivity contribution in [3.8, 4) is 0 Å². The molecule has 0 saturated heterocycles. The molecule has 0 fully saturated rings. The van der Waals surface area contributed by atoms with Crippen LogP contribution in [0.25, 0.3) is 10.9 Å². The van der Waals surface area contributed by atoms with Crippen LogP contribution in [-0.4, -0.2) is 18.1 Å². The van der Waals surface area contributed by atoms with Crippen LogP contribution in [0.4, 0.5) is 11.4 Å². The van der Waals surface area contributed by atoms with Crippen molar-refractivity contribution >= 4 is 28.2 Å². The molecule has 1 heterocycles. The zero-order valence-electron chi connectivity index (χ0n) is 14.3. The molecule has 3 rings (SSSR count). The first-order valence-electron chi connectivity index (χ1n) is 7.82. The quantitative estimate of drug-likeness (QED) is 0.711. The second-order valence-electron chi connectivity index (χ2n) is 5.96. The molecule has 3 aromatic rings. The Morgan fingerprint density at radius 1 is 1.00 bits per heavy atom. The predicted octanol–water partition coefficient (Wildman–Crippen LogP) is 4.69. The van der Waals surface area contributed by atoms with Crippen molar-refractivity contribution in [3.05, 3.63) is 64.8 Å². The van der Waals surface area contributed by atoms with E-state index < -0.39 is 0 Å². The first kappa shape index (κ1) is 16.0. The molecule has 24 heavy (non-hydrogen) atoms. The van der Waals surface area contributed by atoms with E-state index in [0.717, 1.165) is 28.0 Å². The molecule has 122 valence electrons. The van der Waals surface area contributed by atoms with Gasteiger partial charge in [-0.25, -0.2) is 4.79 Å². The first-order valence-corrected chi connectivity index (χ1v) is 7.82. The number of hydrogen-bond acceptors (Lipinski definition) is 4. The molecule has 4 heteroatoms. The summed E-state index contributed by atoms with van der Waals surface area (Å²) in [6.45, 7) is 6.14. The highest BCUT2D eigenvalue weighted by molar-refractivity contribution is 5.99. The molecular weight excluding hydrogens is 300 g/mol. The van der Waals surface area contributed by atoms with Crippen LogP contribution in [0.2, 0.25) is 0 Å². The van der Waals surface area contributed by atoms with Crippen molar-refractivity contribution in [2.24, 2.45) is 0 Å². The van der Waals surface area contributed by atoms with Gasteiger partial charge in [0.2, 0.25) is 0 Å². The van der Waals surface area contributed by atoms with Crippen LogP contribution in [-0.2, 0) is 4.74 Å². The molecule has 0 atom stereocenters. The van der Waals surface area contributed by atoms with E-state index >= 15 is 0 Å². The van der Waals surface area contributed by atoms with Crippen LogP contribution in [0.15, 0.2) is 42.5 Å². The number of benzene rings is 2. The maximum absolute atomic E-state index is 11.8. The normalized spacial score (nSPS) is 10.7. The summed E-state index contributed by atoms with van der Waals surface area (Å²) in [5, 5.41) is 4.34. The highest BCUT2D eigenvalue weighted by Gasteiger charge is 2.10. The van der Waals surface area contributed by atoms with E-state index in [0.29, 0.717) is 5.56 Å². The number of anilines is 2. The van der Waals surface area contributed by atoms with Gasteiger partial charge in [-0.3, -0.25) is 4.98 Å². The largest absolute Gasteiger partial charge is 0.465 e. The third-order valence-electron chi connectivity index (χ3n) is 4.14. The van der Waals surface area contributed by atoms with E-state index in [2.05, 4.69) is 36.3 Å². The minimum atomic E-state index is -0.352. The van der Waals surface area contributed by atoms with Gasteiger partial charge in [-0.1, -0.05) is 6.07 Å². The number of esters is 1. The van der Waals surface area contributed by atoms with Gasteiger partial charge >= 0.3 is 5.97 Å². The number of hydrogen-bond donors (Lipinski definition) is 1. The van der Waals surface area contributed by atoms with Gasteiger partial charge in [-0.15, -0.1) is 0 Å². The maximum Gasteiger partial charge on any atom is 0.337 e. The number of nitrogens with zero attached hydrogens (tertiary/aromatic N) is 1. The molecule has 1 N–H and O–H groups in total. The lowest BCUT2D eigenvalue weighted by atomic mass is 10.1. The van der Waals surface area contributed by atoms with Gasteiger partial charge in [0, 0.05) is 22.5 Å². The summed E-state index contributed by atoms with van der Waals surface area (Å²) in [5.41, 5.74) is 6.68. The number of fused-ring (bicyclic) bond motifs is 1. The molecule has 0 unspecified atom stereocenters. The molecule has 0 saturated carbocycles. The van der Waals surface area contributed by atoms with Crippen LogP contribution in [0, 0.1) is 20.8 Å². The topological polar surface area (TPSA) is 51.2 Å². The number of rotatable bonds is 3. The lowest BCUT2D eigenvalue weighted by molar-refractivity contribution is 0.0601. The van der Waals surface area contributed by atoms with Crippen molar-refractivity contribution in [2.45, 2.75) is 20.8 Å². The highest BCUT2D eigenvalue weighted by atomic mass is 16.5. The second kappa shape index (κ2) is 6.32. The van der Waals surface area contributed by atoms with Crippen LogP contribution in [0.1, 0.15) is 27.2 Å². The Hall–Kier alpha value is -2.88. The number of ether oxygens (including phenoxy) is 1. The Kier molecular flexibility index (Phi) is 4.21. The summed E-state index contributed by atoms with van der Waals surface area (Å²) in [5.74, 6) is -0.352. The molecule has 1 aromatic heterocycles. The third kappa shape index (κ3) is 3.08. The number of aryl methyl sites for hydroxylation is 3. The lowest BCUT2D eigenvalue weighted by Gasteiger charge is -2.13. The number of nitrogens with one attached hydrogen (secondary N) is 1. The Labute approximate surface area is 141 Å². The van der Waals surface area contributed by atoms with Gasteiger partial charge in [-0.2, -0.15) is 0 Å². The minimum Gasteiger partial charge on any atom is -0.465 e. The summed E-state index contributed by atoms with van der Waals surface area (Å²) in [6, 6.07) is 13.6. The molecule has 0 spiro atoms. The number of methoxy groups -OCH3 is 1. The minimum absolute atomic E-state index is 0.352. The molecule has 0 radical (unpaired) electrons. The van der Waals surface area contributed by atoms with Crippen molar-refractivity contribution < 1.29 is 9.53 Å². The fourth-order valence-corrected chi connectivity index (χ4v) is 2.68. The van der Waals surface area contributed by atoms with Gasteiger partial charge in [0.25, 0.3) is 0 Å². The molecule has 4 nitrogen and oxygen atoms in total. The number of carbonyl (C=O) groups excluding carboxylic acids is 1. The molecule has 2 aromatic carbocycles. The van der Waals surface area contributed by atoms with Gasteiger partial charge < -0.3 is 10.1 Å². The maximum atomic E-state index is 11.8. The Balaban J connectivity index is 2.10. The molecule has 0 bridgehead atoms. The van der Waals surface area contributed by atoms with Crippen LogP contribution >= 0.6 is 0 Å². The van der Waals surface area contributed by atoms with Crippen molar-refractivity contribution in [1.29, 1.82) is 0 Å². The van der Waals surface area contributed by atoms with E-state index in [1.165, 1.54) is 18.2 Å². The fraction of sp³-hybridized carbons (Fsp3) is 0.200. The number of aromatic nitrogens is 1. The fourth-order valence-electron chi connectivity index (χ4n) is 2.68. The van der Waals surface area contributed by atoms with E-state index in [9.17, 15) is 4.79 Å². The van der Waals surface area contributed by atoms with E-state index in [1.54, 1.807) is 6.07 Å². The van der Waals surface area contributed by atoms with Crippen molar-refractivity contribution in [3.63, 3.8) is 0 Å². The van der Waals surface area contributed by atoms with E-state index in [4.69, 9.17) is 4.74 Å². The average molecular weight is 320 g/mol. The Bertz CT molecular complexity index is 932. The zero-order valence-corrected chi connectivity index (χ0v) is 14.3. The average Bonchev–Trinajstić information content (AvgIpc) is 2.57. The number of carbonyl (C=O) groups is 1. The van der Waals surface area contributed by atoms with E-state index in [1.807, 2.05) is 31.2 Å². The smallest absolute Gasteiger partial charge is 0.337 e. The van der Waals surface area contributed by atoms with Gasteiger partial charge in [0.15, 0.2) is 0 Å². The molecular formula is C20H20N2O2. The lowest BCUT2D eigenvalue weighted by Crippen LogP contribution is -2.02. The van der Waals surface area contributed by atoms with Crippen molar-refractivity contribution in [1.82, 2.24) is 4.98 Å². The Morgan fingerprint density at radius 2 is 1.79 bits per heavy atom. The molecule has 0 amide bonds. The summed E-state index contributed by atoms with van der Waals surface area (Å²) >= 11 is 0. The zero-order chi connectivity index (χ0) is 17.3. The van der Waals surface area contributed by atoms with Crippen molar-refractivity contribution in [2.75, 3.05) is 12.4 Å². The second-order valence-corrected chi connectivity index (χ2v) is 5.96. The monoisotopic (exact) mass is 320 g/mol. The molecule has 0 aliphatic carbocycles. The highest BCUT2D eigenvalue weighted by Crippen LogP contribution is 2.28. The predicted molar refractivity (Wildman–Crippen MR) is 97.0 cm³/mol. The first-order chi connectivity index (χ1) is 11.5. The van der Waals surface area contributed by atoms with Gasteiger partial charge in [0.1, 0.15) is 0 Å². The summed E-state index contributed by atoms with van der Waals surface area (Å²) in [4.78, 5) is 16.4. The summed E-state index contributed by atoms with van der Waals surface area (Å²) < 4.78 is 4.82. The molecule has 0 aliphatic rings. The summed E-state index contributed by atoms with van der Waals surface area (Å²) in [6.07, 6.45) is 0. The van der Waals surface area contributed by atoms with Gasteiger partial charge in [0.05, 0.1) is 18.2 Å². The van der Waals surface area contributed by atoms with Gasteiger partial charge in [-0.05, 0) is 68.3 Å². The summed E-state index contributed by atoms with van der Waals surface area (Å²) in [7, 11) is 1.38. The van der Waals surface area contributed by atoms with Crippen LogP contribution in [0.3, 0.4) is 0 Å². The number of pyridine rings is 1. The Morgan fingerprint density at radius 3 is 2.50 bits per heavy atom. The molecule has 0 aliphatic heterocycles. The third-order valence-corrected chi connectivity index (χ3v) is 4.14. The van der Waals surface area contributed by atoms with Crippen LogP contribution in [0.5, 0.6) is 0 Å². The van der Waals surface area contributed by atoms with E-state index in [-0.39, 0.29) is 5.97 Å². The van der Waals surface area contributed by atoms with Crippen LogP contribution < -0.4 is 5.32 Å². The SMILES string of the molecule is COC(=O)c1ccc2nc(C)cc(Nc3ccc(C)c(C)c3)c2c1. The standard InChI is InChI=1S/C20H20N2O2/c1-12-5-7-16(9-13(12)2)22-19-10-14(3)21-18-8-6-15(11-17(18)19)20(23)24-4/h5-11H,1-4H3,(H,21,22).